The molecule has 0 aliphatic carbocycles. The number of aromatic nitrogens is 1. The molecule has 1 aliphatic rings. The lowest BCUT2D eigenvalue weighted by molar-refractivity contribution is -0.117. The number of nitrogens with zero attached hydrogens (tertiary/aromatic N) is 2. The molecule has 3 aromatic rings. The molecule has 6 nitrogen and oxygen atoms in total. The molecule has 0 radical (unpaired) electrons. The standard InChI is InChI=1S/C25H24ClN3O3/c26-22-8-2-4-10-24(22)32-13-11-29-17-19(21-7-1-3-9-23(21)29)14-18(15-27)25(30)28-16-20-6-5-12-31-20/h1-4,7-10,14,17,20H,5-6,11-13,16H2,(H,28,30)/b18-14+/t20-/m0/s1. The average Bonchev–Trinajstić information content (AvgIpc) is 3.45. The van der Waals surface area contributed by atoms with Crippen molar-refractivity contribution in [1.82, 2.24) is 9.88 Å². The van der Waals surface area contributed by atoms with Crippen LogP contribution < -0.4 is 10.1 Å². The molecule has 0 saturated carbocycles. The van der Waals surface area contributed by atoms with Gasteiger partial charge in [0, 0.05) is 35.8 Å². The van der Waals surface area contributed by atoms with Crippen molar-refractivity contribution in [3.05, 3.63) is 70.9 Å². The van der Waals surface area contributed by atoms with Gasteiger partial charge >= 0.3 is 0 Å². The van der Waals surface area contributed by atoms with Crippen LogP contribution in [0.3, 0.4) is 0 Å². The molecule has 1 aliphatic heterocycles. The van der Waals surface area contributed by atoms with Crippen LogP contribution in [0.2, 0.25) is 5.02 Å². The molecule has 164 valence electrons. The Balaban J connectivity index is 1.50. The summed E-state index contributed by atoms with van der Waals surface area (Å²) in [5.41, 5.74) is 1.87. The second-order valence-electron chi connectivity index (χ2n) is 7.59. The number of benzene rings is 2. The Hall–Kier alpha value is -3.27. The lowest BCUT2D eigenvalue weighted by Gasteiger charge is -2.10. The highest BCUT2D eigenvalue weighted by Gasteiger charge is 2.18. The van der Waals surface area contributed by atoms with Crippen LogP contribution >= 0.6 is 11.6 Å². The second-order valence-corrected chi connectivity index (χ2v) is 8.00. The SMILES string of the molecule is N#C/C(=C\c1cn(CCOc2ccccc2Cl)c2ccccc12)C(=O)NC[C@@H]1CCCO1. The molecule has 0 spiro atoms. The average molecular weight is 450 g/mol. The Labute approximate surface area is 192 Å². The van der Waals surface area contributed by atoms with E-state index in [2.05, 4.69) is 9.88 Å². The van der Waals surface area contributed by atoms with Crippen LogP contribution in [0, 0.1) is 11.3 Å². The minimum atomic E-state index is -0.387. The highest BCUT2D eigenvalue weighted by molar-refractivity contribution is 6.32. The van der Waals surface area contributed by atoms with Crippen LogP contribution in [0.25, 0.3) is 17.0 Å². The number of nitrogens with one attached hydrogen (secondary N) is 1. The van der Waals surface area contributed by atoms with Crippen molar-refractivity contribution in [3.8, 4) is 11.8 Å². The van der Waals surface area contributed by atoms with Gasteiger partial charge in [-0.2, -0.15) is 5.26 Å². The summed E-state index contributed by atoms with van der Waals surface area (Å²) >= 11 is 6.16. The van der Waals surface area contributed by atoms with Gasteiger partial charge in [-0.3, -0.25) is 4.79 Å². The van der Waals surface area contributed by atoms with E-state index in [0.717, 1.165) is 35.9 Å². The van der Waals surface area contributed by atoms with Crippen LogP contribution in [0.15, 0.2) is 60.3 Å². The summed E-state index contributed by atoms with van der Waals surface area (Å²) in [4.78, 5) is 12.5. The summed E-state index contributed by atoms with van der Waals surface area (Å²) in [6.07, 6.45) is 5.53. The third-order valence-electron chi connectivity index (χ3n) is 5.43. The quantitative estimate of drug-likeness (QED) is 0.403. The summed E-state index contributed by atoms with van der Waals surface area (Å²) in [5.74, 6) is 0.252. The molecule has 7 heteroatoms. The summed E-state index contributed by atoms with van der Waals surface area (Å²) in [7, 11) is 0. The number of para-hydroxylation sites is 2. The van der Waals surface area contributed by atoms with E-state index in [9.17, 15) is 10.1 Å². The fourth-order valence-corrected chi connectivity index (χ4v) is 3.99. The van der Waals surface area contributed by atoms with Crippen LogP contribution in [0.5, 0.6) is 5.75 Å². The van der Waals surface area contributed by atoms with E-state index in [1.54, 1.807) is 12.1 Å². The summed E-state index contributed by atoms with van der Waals surface area (Å²) < 4.78 is 13.4. The Morgan fingerprint density at radius 2 is 2.09 bits per heavy atom. The fourth-order valence-electron chi connectivity index (χ4n) is 3.80. The van der Waals surface area contributed by atoms with Gasteiger partial charge in [0.2, 0.25) is 0 Å². The molecule has 1 amide bonds. The number of carbonyl (C=O) groups is 1. The number of hydrogen-bond donors (Lipinski definition) is 1. The van der Waals surface area contributed by atoms with E-state index in [0.29, 0.717) is 30.5 Å². The first-order valence-electron chi connectivity index (χ1n) is 10.6. The highest BCUT2D eigenvalue weighted by atomic mass is 35.5. The van der Waals surface area contributed by atoms with Gasteiger partial charge in [-0.05, 0) is 37.1 Å². The van der Waals surface area contributed by atoms with E-state index < -0.39 is 0 Å². The predicted octanol–water partition coefficient (Wildman–Crippen LogP) is 4.58. The molecule has 2 heterocycles. The molecule has 32 heavy (non-hydrogen) atoms. The van der Waals surface area contributed by atoms with Gasteiger partial charge in [0.05, 0.1) is 17.7 Å². The zero-order valence-electron chi connectivity index (χ0n) is 17.6. The van der Waals surface area contributed by atoms with Gasteiger partial charge in [0.1, 0.15) is 24.0 Å². The zero-order valence-corrected chi connectivity index (χ0v) is 18.3. The maximum Gasteiger partial charge on any atom is 0.262 e. The number of nitriles is 1. The lowest BCUT2D eigenvalue weighted by Crippen LogP contribution is -2.32. The molecule has 1 N–H and O–H groups in total. The smallest absolute Gasteiger partial charge is 0.262 e. The molecule has 4 rings (SSSR count). The monoisotopic (exact) mass is 449 g/mol. The molecule has 1 atom stereocenters. The summed E-state index contributed by atoms with van der Waals surface area (Å²) in [6.45, 7) is 2.16. The summed E-state index contributed by atoms with van der Waals surface area (Å²) in [5, 5.41) is 13.9. The third kappa shape index (κ3) is 5.13. The first kappa shape index (κ1) is 21.9. The number of carbonyl (C=O) groups excluding carboxylic acids is 1. The van der Waals surface area contributed by atoms with Crippen molar-refractivity contribution in [2.24, 2.45) is 0 Å². The molecule has 2 aromatic carbocycles. The van der Waals surface area contributed by atoms with Gasteiger partial charge in [0.15, 0.2) is 0 Å². The molecule has 0 bridgehead atoms. The number of ether oxygens (including phenoxy) is 2. The van der Waals surface area contributed by atoms with Gasteiger partial charge in [-0.1, -0.05) is 41.9 Å². The van der Waals surface area contributed by atoms with E-state index >= 15 is 0 Å². The number of fused-ring (bicyclic) bond motifs is 1. The van der Waals surface area contributed by atoms with Crippen molar-refractivity contribution in [2.75, 3.05) is 19.8 Å². The zero-order chi connectivity index (χ0) is 22.3. The van der Waals surface area contributed by atoms with Crippen molar-refractivity contribution >= 4 is 34.5 Å². The fraction of sp³-hybridized carbons (Fsp3) is 0.280. The predicted molar refractivity (Wildman–Crippen MR) is 124 cm³/mol. The second kappa shape index (κ2) is 10.4. The van der Waals surface area contributed by atoms with E-state index in [-0.39, 0.29) is 17.6 Å². The van der Waals surface area contributed by atoms with E-state index in [1.807, 2.05) is 54.7 Å². The largest absolute Gasteiger partial charge is 0.490 e. The van der Waals surface area contributed by atoms with Crippen LogP contribution in [-0.2, 0) is 16.1 Å². The van der Waals surface area contributed by atoms with Crippen molar-refractivity contribution in [3.63, 3.8) is 0 Å². The topological polar surface area (TPSA) is 76.3 Å². The van der Waals surface area contributed by atoms with E-state index in [4.69, 9.17) is 21.1 Å². The van der Waals surface area contributed by atoms with Crippen molar-refractivity contribution in [2.45, 2.75) is 25.5 Å². The first-order chi connectivity index (χ1) is 15.7. The van der Waals surface area contributed by atoms with Gasteiger partial charge in [-0.15, -0.1) is 0 Å². The maximum absolute atomic E-state index is 12.5. The molecule has 1 fully saturated rings. The highest BCUT2D eigenvalue weighted by Crippen LogP contribution is 2.25. The maximum atomic E-state index is 12.5. The minimum absolute atomic E-state index is 0.0268. The molecular formula is C25H24ClN3O3. The molecule has 0 unspecified atom stereocenters. The number of amides is 1. The normalized spacial score (nSPS) is 16.1. The van der Waals surface area contributed by atoms with Gasteiger partial charge in [-0.25, -0.2) is 0 Å². The first-order valence-corrected chi connectivity index (χ1v) is 11.0. The summed E-state index contributed by atoms with van der Waals surface area (Å²) in [6, 6.07) is 17.3. The number of halogens is 1. The Kier molecular flexibility index (Phi) is 7.10. The van der Waals surface area contributed by atoms with Crippen LogP contribution in [0.1, 0.15) is 18.4 Å². The van der Waals surface area contributed by atoms with Crippen LogP contribution in [-0.4, -0.2) is 36.3 Å². The van der Waals surface area contributed by atoms with Gasteiger partial charge in [0.25, 0.3) is 5.91 Å². The minimum Gasteiger partial charge on any atom is -0.490 e. The third-order valence-corrected chi connectivity index (χ3v) is 5.74. The van der Waals surface area contributed by atoms with Crippen molar-refractivity contribution < 1.29 is 14.3 Å². The van der Waals surface area contributed by atoms with Crippen molar-refractivity contribution in [1.29, 1.82) is 5.26 Å². The molecular weight excluding hydrogens is 426 g/mol. The van der Waals surface area contributed by atoms with E-state index in [1.165, 1.54) is 0 Å². The Morgan fingerprint density at radius 1 is 1.28 bits per heavy atom. The Morgan fingerprint density at radius 3 is 2.88 bits per heavy atom. The van der Waals surface area contributed by atoms with Gasteiger partial charge < -0.3 is 19.4 Å². The molecule has 1 aromatic heterocycles. The lowest BCUT2D eigenvalue weighted by atomic mass is 10.1. The Bertz CT molecular complexity index is 1170. The number of rotatable bonds is 8. The molecule has 1 saturated heterocycles. The van der Waals surface area contributed by atoms with Crippen LogP contribution in [0.4, 0.5) is 0 Å². The number of hydrogen-bond acceptors (Lipinski definition) is 4.